The number of fused-ring (bicyclic) bond motifs is 2. The Labute approximate surface area is 227 Å². The van der Waals surface area contributed by atoms with E-state index in [1.54, 1.807) is 18.2 Å². The zero-order valence-corrected chi connectivity index (χ0v) is 22.2. The van der Waals surface area contributed by atoms with Crippen LogP contribution in [0.5, 0.6) is 11.5 Å². The number of aliphatic hydroxyl groups excluding tert-OH is 3. The Morgan fingerprint density at radius 1 is 1.13 bits per heavy atom. The van der Waals surface area contributed by atoms with Crippen LogP contribution in [-0.4, -0.2) is 72.3 Å². The second kappa shape index (κ2) is 11.6. The molecule has 1 aromatic heterocycles. The van der Waals surface area contributed by atoms with Crippen LogP contribution in [0, 0.1) is 17.8 Å². The average molecular weight is 543 g/mol. The molecule has 5 N–H and O–H groups in total. The quantitative estimate of drug-likeness (QED) is 0.212. The van der Waals surface area contributed by atoms with Gasteiger partial charge in [-0.1, -0.05) is 29.3 Å². The molecule has 2 aromatic rings. The van der Waals surface area contributed by atoms with Crippen LogP contribution in [-0.2, 0) is 11.4 Å². The molecule has 3 aliphatic rings. The number of nitrogens with zero attached hydrogens (tertiary/aromatic N) is 4. The van der Waals surface area contributed by atoms with E-state index in [0.717, 1.165) is 36.8 Å². The molecule has 6 unspecified atom stereocenters. The van der Waals surface area contributed by atoms with Gasteiger partial charge in [0, 0.05) is 31.1 Å². The predicted molar refractivity (Wildman–Crippen MR) is 141 cm³/mol. The molecular formula is C28H38N4O7. The van der Waals surface area contributed by atoms with Gasteiger partial charge in [0.15, 0.2) is 0 Å². The van der Waals surface area contributed by atoms with Crippen LogP contribution in [0.25, 0.3) is 0 Å². The lowest BCUT2D eigenvalue weighted by Gasteiger charge is -2.56. The van der Waals surface area contributed by atoms with E-state index < -0.39 is 17.7 Å². The molecular weight excluding hydrogens is 504 g/mol. The summed E-state index contributed by atoms with van der Waals surface area (Å²) in [5.41, 5.74) is 2.75. The summed E-state index contributed by atoms with van der Waals surface area (Å²) >= 11 is 0. The van der Waals surface area contributed by atoms with Gasteiger partial charge in [-0.25, -0.2) is 4.68 Å². The molecule has 212 valence electrons. The molecule has 0 radical (unpaired) electrons. The average Bonchev–Trinajstić information content (AvgIpc) is 3.40. The third-order valence-corrected chi connectivity index (χ3v) is 8.57. The molecule has 0 saturated heterocycles. The fourth-order valence-corrected chi connectivity index (χ4v) is 6.96. The minimum atomic E-state index is -1.75. The molecule has 11 nitrogen and oxygen atoms in total. The lowest BCUT2D eigenvalue weighted by Crippen LogP contribution is -2.62. The van der Waals surface area contributed by atoms with Crippen molar-refractivity contribution in [2.24, 2.45) is 22.9 Å². The van der Waals surface area contributed by atoms with Crippen molar-refractivity contribution in [1.29, 1.82) is 0 Å². The summed E-state index contributed by atoms with van der Waals surface area (Å²) in [5, 5.41) is 64.6. The first-order valence-electron chi connectivity index (χ1n) is 13.7. The van der Waals surface area contributed by atoms with Gasteiger partial charge in [-0.3, -0.25) is 0 Å². The molecule has 1 fully saturated rings. The van der Waals surface area contributed by atoms with E-state index in [4.69, 9.17) is 9.57 Å². The van der Waals surface area contributed by atoms with Crippen LogP contribution in [0.15, 0.2) is 41.2 Å². The number of allylic oxidation sites excluding steroid dienone is 1. The highest BCUT2D eigenvalue weighted by atomic mass is 16.6. The van der Waals surface area contributed by atoms with Crippen LogP contribution < -0.4 is 4.74 Å². The molecule has 5 rings (SSSR count). The Morgan fingerprint density at radius 2 is 1.90 bits per heavy atom. The van der Waals surface area contributed by atoms with E-state index in [1.807, 2.05) is 0 Å². The van der Waals surface area contributed by atoms with Gasteiger partial charge in [0.25, 0.3) is 0 Å². The van der Waals surface area contributed by atoms with Gasteiger partial charge < -0.3 is 35.1 Å². The van der Waals surface area contributed by atoms with E-state index in [1.165, 1.54) is 18.0 Å². The number of aliphatic hydroxyl groups is 4. The van der Waals surface area contributed by atoms with E-state index in [2.05, 4.69) is 21.5 Å². The van der Waals surface area contributed by atoms with Crippen molar-refractivity contribution in [3.63, 3.8) is 0 Å². The number of phenols is 1. The Bertz CT molecular complexity index is 1210. The number of hydrogen-bond acceptors (Lipinski definition) is 10. The number of phenolic OH excluding ortho intramolecular Hbond substituents is 1. The smallest absolute Gasteiger partial charge is 0.238 e. The van der Waals surface area contributed by atoms with E-state index in [-0.39, 0.29) is 49.7 Å². The summed E-state index contributed by atoms with van der Waals surface area (Å²) in [4.78, 5) is 5.27. The summed E-state index contributed by atoms with van der Waals surface area (Å²) in [6, 6.07) is 4.20. The third kappa shape index (κ3) is 4.93. The van der Waals surface area contributed by atoms with Crippen molar-refractivity contribution in [3.05, 3.63) is 47.3 Å². The molecule has 11 heteroatoms. The summed E-state index contributed by atoms with van der Waals surface area (Å²) < 4.78 is 7.96. The molecule has 1 saturated carbocycles. The largest absolute Gasteiger partial charge is 0.508 e. The zero-order valence-electron chi connectivity index (χ0n) is 22.2. The summed E-state index contributed by atoms with van der Waals surface area (Å²) in [5.74, 6) is -1.78. The van der Waals surface area contributed by atoms with Gasteiger partial charge in [0.1, 0.15) is 24.7 Å². The molecule has 39 heavy (non-hydrogen) atoms. The highest BCUT2D eigenvalue weighted by Gasteiger charge is 2.63. The number of aromatic hydroxyl groups is 1. The number of hydrogen-bond donors (Lipinski definition) is 5. The molecule has 0 bridgehead atoms. The van der Waals surface area contributed by atoms with Gasteiger partial charge in [-0.15, -0.1) is 5.10 Å². The molecule has 1 aromatic carbocycles. The maximum atomic E-state index is 12.6. The number of oxime groups is 1. The first-order valence-corrected chi connectivity index (χ1v) is 13.7. The number of rotatable bonds is 11. The van der Waals surface area contributed by atoms with E-state index in [0.29, 0.717) is 30.0 Å². The number of unbranched alkanes of at least 4 members (excludes halogenated alkanes) is 2. The van der Waals surface area contributed by atoms with E-state index in [9.17, 15) is 25.5 Å². The zero-order chi connectivity index (χ0) is 27.6. The first kappa shape index (κ1) is 27.6. The Balaban J connectivity index is 1.71. The molecule has 6 atom stereocenters. The van der Waals surface area contributed by atoms with Crippen molar-refractivity contribution in [2.75, 3.05) is 20.3 Å². The lowest BCUT2D eigenvalue weighted by atomic mass is 9.55. The first-order chi connectivity index (χ1) is 19.0. The molecule has 2 aliphatic carbocycles. The topological polar surface area (TPSA) is 163 Å². The second-order valence-electron chi connectivity index (χ2n) is 10.7. The molecule has 2 heterocycles. The fourth-order valence-electron chi connectivity index (χ4n) is 6.96. The van der Waals surface area contributed by atoms with Crippen molar-refractivity contribution in [3.8, 4) is 11.5 Å². The number of aromatic nitrogens is 3. The number of benzene rings is 1. The molecule has 0 amide bonds. The van der Waals surface area contributed by atoms with E-state index >= 15 is 0 Å². The van der Waals surface area contributed by atoms with Crippen LogP contribution >= 0.6 is 0 Å². The SMILES string of the molecule is CON=C1CC(n2nncc2CO)C2(O)Oc3ccc(O)cc3C3C(CCCCO)C(CCCCO)C=C1C32. The molecule has 1 aliphatic heterocycles. The Hall–Kier alpha value is -2.99. The minimum Gasteiger partial charge on any atom is -0.508 e. The summed E-state index contributed by atoms with van der Waals surface area (Å²) in [7, 11) is 1.49. The maximum absolute atomic E-state index is 12.6. The minimum absolute atomic E-state index is 0.0653. The molecule has 0 spiro atoms. The van der Waals surface area contributed by atoms with Gasteiger partial charge in [0.05, 0.1) is 30.1 Å². The van der Waals surface area contributed by atoms with Crippen LogP contribution in [0.3, 0.4) is 0 Å². The lowest BCUT2D eigenvalue weighted by molar-refractivity contribution is -0.225. The normalized spacial score (nSPS) is 30.3. The highest BCUT2D eigenvalue weighted by Crippen LogP contribution is 2.62. The van der Waals surface area contributed by atoms with Crippen molar-refractivity contribution >= 4 is 5.71 Å². The van der Waals surface area contributed by atoms with Gasteiger partial charge in [-0.05, 0) is 61.3 Å². The number of ether oxygens (including phenoxy) is 1. The highest BCUT2D eigenvalue weighted by molar-refractivity contribution is 6.02. The van der Waals surface area contributed by atoms with Crippen molar-refractivity contribution in [1.82, 2.24) is 15.0 Å². The van der Waals surface area contributed by atoms with Gasteiger partial charge in [0.2, 0.25) is 5.79 Å². The van der Waals surface area contributed by atoms with Crippen LogP contribution in [0.2, 0.25) is 0 Å². The summed E-state index contributed by atoms with van der Waals surface area (Å²) in [6.45, 7) is -0.0866. The third-order valence-electron chi connectivity index (χ3n) is 8.57. The monoisotopic (exact) mass is 542 g/mol. The summed E-state index contributed by atoms with van der Waals surface area (Å²) in [6.07, 6.45) is 8.53. The van der Waals surface area contributed by atoms with Crippen molar-refractivity contribution < 1.29 is 35.1 Å². The van der Waals surface area contributed by atoms with Gasteiger partial charge >= 0.3 is 0 Å². The fraction of sp³-hybridized carbons (Fsp3) is 0.607. The Morgan fingerprint density at radius 3 is 2.62 bits per heavy atom. The second-order valence-corrected chi connectivity index (χ2v) is 10.7. The van der Waals surface area contributed by atoms with Crippen molar-refractivity contribution in [2.45, 2.75) is 69.3 Å². The predicted octanol–water partition coefficient (Wildman–Crippen LogP) is 2.40. The van der Waals surface area contributed by atoms with Crippen LogP contribution in [0.4, 0.5) is 0 Å². The Kier molecular flexibility index (Phi) is 8.22. The standard InChI is InChI=1S/C28H38N4O7/c1-38-30-23-14-25(32-18(16-35)15-29-31-32)28(37)27-21(23)12-17(6-2-4-10-33)20(7-3-5-11-34)26(27)22-13-19(36)8-9-24(22)39-28/h8-9,12-13,15,17,20,25-27,33-37H,2-7,10-11,14,16H2,1H3. The van der Waals surface area contributed by atoms with Gasteiger partial charge in [-0.2, -0.15) is 0 Å². The van der Waals surface area contributed by atoms with Crippen LogP contribution in [0.1, 0.15) is 68.2 Å². The maximum Gasteiger partial charge on any atom is 0.238 e.